The lowest BCUT2D eigenvalue weighted by molar-refractivity contribution is 0.628. The number of nitrogens with zero attached hydrogens (tertiary/aromatic N) is 4. The van der Waals surface area contributed by atoms with Crippen LogP contribution in [0.3, 0.4) is 0 Å². The van der Waals surface area contributed by atoms with Gasteiger partial charge in [-0.2, -0.15) is 5.10 Å². The van der Waals surface area contributed by atoms with Gasteiger partial charge in [0.1, 0.15) is 5.82 Å². The van der Waals surface area contributed by atoms with Crippen molar-refractivity contribution in [1.29, 1.82) is 0 Å². The molecule has 0 aliphatic rings. The van der Waals surface area contributed by atoms with Gasteiger partial charge in [-0.15, -0.1) is 0 Å². The standard InChI is InChI=1S/C17H12FN5OS/c1-9-14(10-2-4-11(18)5-3-10)15-20-8-12-13(23(15)21-9)6-7-22(16(12)24)17(19)25/h2-8H,1H3,(H2,19,25). The summed E-state index contributed by atoms with van der Waals surface area (Å²) in [5.41, 5.74) is 8.71. The fraction of sp³-hybridized carbons (Fsp3) is 0.0588. The Morgan fingerprint density at radius 1 is 1.24 bits per heavy atom. The van der Waals surface area contributed by atoms with E-state index in [-0.39, 0.29) is 16.5 Å². The first kappa shape index (κ1) is 15.4. The van der Waals surface area contributed by atoms with Gasteiger partial charge >= 0.3 is 0 Å². The molecule has 2 N–H and O–H groups in total. The van der Waals surface area contributed by atoms with Crippen molar-refractivity contribution >= 4 is 33.9 Å². The fourth-order valence-electron chi connectivity index (χ4n) is 2.90. The average Bonchev–Trinajstić information content (AvgIpc) is 2.92. The van der Waals surface area contributed by atoms with Gasteiger partial charge < -0.3 is 5.73 Å². The number of fused-ring (bicyclic) bond motifs is 3. The zero-order valence-corrected chi connectivity index (χ0v) is 13.9. The minimum atomic E-state index is -0.351. The molecule has 0 aliphatic carbocycles. The van der Waals surface area contributed by atoms with Crippen molar-refractivity contribution in [3.63, 3.8) is 0 Å². The summed E-state index contributed by atoms with van der Waals surface area (Å²) < 4.78 is 16.0. The maximum Gasteiger partial charge on any atom is 0.267 e. The maximum absolute atomic E-state index is 13.2. The highest BCUT2D eigenvalue weighted by molar-refractivity contribution is 7.80. The maximum atomic E-state index is 13.2. The van der Waals surface area contributed by atoms with Crippen molar-refractivity contribution in [1.82, 2.24) is 19.2 Å². The number of hydrogen-bond acceptors (Lipinski definition) is 4. The molecular weight excluding hydrogens is 341 g/mol. The second kappa shape index (κ2) is 5.45. The van der Waals surface area contributed by atoms with E-state index in [1.807, 2.05) is 6.92 Å². The van der Waals surface area contributed by atoms with Crippen LogP contribution in [0.2, 0.25) is 0 Å². The highest BCUT2D eigenvalue weighted by Gasteiger charge is 2.16. The van der Waals surface area contributed by atoms with E-state index >= 15 is 0 Å². The van der Waals surface area contributed by atoms with Crippen LogP contribution in [0.25, 0.3) is 27.7 Å². The van der Waals surface area contributed by atoms with Gasteiger partial charge in [0.2, 0.25) is 0 Å². The Kier molecular flexibility index (Phi) is 3.36. The minimum Gasteiger partial charge on any atom is -0.376 e. The predicted octanol–water partition coefficient (Wildman–Crippen LogP) is 2.25. The Bertz CT molecular complexity index is 1210. The van der Waals surface area contributed by atoms with E-state index < -0.39 is 0 Å². The molecule has 1 aromatic carbocycles. The molecular formula is C17H12FN5OS. The molecule has 0 aliphatic heterocycles. The summed E-state index contributed by atoms with van der Waals surface area (Å²) in [6.07, 6.45) is 3.00. The molecule has 0 fully saturated rings. The topological polar surface area (TPSA) is 78.2 Å². The highest BCUT2D eigenvalue weighted by Crippen LogP contribution is 2.28. The zero-order chi connectivity index (χ0) is 17.7. The Labute approximate surface area is 146 Å². The number of rotatable bonds is 1. The quantitative estimate of drug-likeness (QED) is 0.531. The summed E-state index contributed by atoms with van der Waals surface area (Å²) in [5.74, 6) is -0.311. The van der Waals surface area contributed by atoms with Gasteiger partial charge in [-0.25, -0.2) is 13.9 Å². The van der Waals surface area contributed by atoms with Crippen LogP contribution in [-0.4, -0.2) is 24.3 Å². The lowest BCUT2D eigenvalue weighted by atomic mass is 10.1. The van der Waals surface area contributed by atoms with Crippen LogP contribution < -0.4 is 11.3 Å². The molecule has 0 atom stereocenters. The molecule has 25 heavy (non-hydrogen) atoms. The molecule has 3 heterocycles. The Morgan fingerprint density at radius 2 is 1.96 bits per heavy atom. The lowest BCUT2D eigenvalue weighted by Crippen LogP contribution is -2.31. The van der Waals surface area contributed by atoms with Crippen molar-refractivity contribution in [2.24, 2.45) is 5.73 Å². The number of nitrogens with two attached hydrogens (primary N) is 1. The van der Waals surface area contributed by atoms with E-state index in [9.17, 15) is 9.18 Å². The van der Waals surface area contributed by atoms with Crippen molar-refractivity contribution in [3.05, 3.63) is 64.6 Å². The van der Waals surface area contributed by atoms with E-state index in [1.165, 1.54) is 29.1 Å². The molecule has 0 spiro atoms. The molecule has 0 radical (unpaired) electrons. The van der Waals surface area contributed by atoms with E-state index in [1.54, 1.807) is 22.7 Å². The van der Waals surface area contributed by atoms with E-state index in [0.29, 0.717) is 16.6 Å². The van der Waals surface area contributed by atoms with E-state index in [2.05, 4.69) is 10.1 Å². The Morgan fingerprint density at radius 3 is 2.64 bits per heavy atom. The van der Waals surface area contributed by atoms with Crippen molar-refractivity contribution < 1.29 is 4.39 Å². The number of pyridine rings is 1. The smallest absolute Gasteiger partial charge is 0.267 e. The largest absolute Gasteiger partial charge is 0.376 e. The third-order valence-corrected chi connectivity index (χ3v) is 4.25. The third kappa shape index (κ3) is 2.30. The molecule has 0 unspecified atom stereocenters. The van der Waals surface area contributed by atoms with Crippen molar-refractivity contribution in [2.45, 2.75) is 6.92 Å². The number of hydrogen-bond donors (Lipinski definition) is 1. The predicted molar refractivity (Wildman–Crippen MR) is 97.1 cm³/mol. The molecule has 4 aromatic rings. The fourth-order valence-corrected chi connectivity index (χ4v) is 3.05. The van der Waals surface area contributed by atoms with Gasteiger partial charge in [-0.05, 0) is 42.9 Å². The minimum absolute atomic E-state index is 0.0318. The van der Waals surface area contributed by atoms with E-state index in [4.69, 9.17) is 18.0 Å². The van der Waals surface area contributed by atoms with Crippen LogP contribution >= 0.6 is 12.2 Å². The summed E-state index contributed by atoms with van der Waals surface area (Å²) in [5, 5.41) is 4.83. The van der Waals surface area contributed by atoms with Crippen LogP contribution in [0.15, 0.2) is 47.5 Å². The summed E-state index contributed by atoms with van der Waals surface area (Å²) in [4.78, 5) is 16.9. The Balaban J connectivity index is 2.06. The molecule has 6 nitrogen and oxygen atoms in total. The van der Waals surface area contributed by atoms with Crippen LogP contribution in [0.4, 0.5) is 4.39 Å². The number of aromatic nitrogens is 4. The second-order valence-corrected chi connectivity index (χ2v) is 6.01. The molecule has 4 rings (SSSR count). The molecule has 124 valence electrons. The molecule has 8 heteroatoms. The number of benzene rings is 1. The number of aryl methyl sites for hydroxylation is 1. The van der Waals surface area contributed by atoms with Gasteiger partial charge in [0.15, 0.2) is 10.8 Å². The van der Waals surface area contributed by atoms with Gasteiger partial charge in [0, 0.05) is 18.0 Å². The van der Waals surface area contributed by atoms with E-state index in [0.717, 1.165) is 16.8 Å². The van der Waals surface area contributed by atoms with Gasteiger partial charge in [-0.1, -0.05) is 12.1 Å². The first-order chi connectivity index (χ1) is 12.0. The number of halogens is 1. The lowest BCUT2D eigenvalue weighted by Gasteiger charge is -2.06. The average molecular weight is 353 g/mol. The first-order valence-electron chi connectivity index (χ1n) is 7.43. The van der Waals surface area contributed by atoms with Crippen molar-refractivity contribution in [3.8, 4) is 11.1 Å². The Hall–Kier alpha value is -3.13. The van der Waals surface area contributed by atoms with Crippen LogP contribution in [-0.2, 0) is 0 Å². The second-order valence-electron chi connectivity index (χ2n) is 5.59. The normalized spacial score (nSPS) is 11.3. The van der Waals surface area contributed by atoms with Crippen LogP contribution in [0, 0.1) is 12.7 Å². The van der Waals surface area contributed by atoms with Crippen LogP contribution in [0.5, 0.6) is 0 Å². The summed E-state index contributed by atoms with van der Waals surface area (Å²) in [6, 6.07) is 7.85. The van der Waals surface area contributed by atoms with Gasteiger partial charge in [-0.3, -0.25) is 9.36 Å². The summed E-state index contributed by atoms with van der Waals surface area (Å²) in [6.45, 7) is 1.84. The van der Waals surface area contributed by atoms with Gasteiger partial charge in [0.05, 0.1) is 16.6 Å². The van der Waals surface area contributed by atoms with Crippen molar-refractivity contribution in [2.75, 3.05) is 0 Å². The molecule has 0 bridgehead atoms. The molecule has 3 aromatic heterocycles. The monoisotopic (exact) mass is 353 g/mol. The SMILES string of the molecule is Cc1nn2c(ncc3c(=O)n(C(N)=S)ccc32)c1-c1ccc(F)cc1. The van der Waals surface area contributed by atoms with Crippen LogP contribution in [0.1, 0.15) is 5.69 Å². The summed E-state index contributed by atoms with van der Waals surface area (Å²) in [7, 11) is 0. The third-order valence-electron chi connectivity index (χ3n) is 4.06. The zero-order valence-electron chi connectivity index (χ0n) is 13.1. The number of thiocarbonyl (C=S) groups is 1. The highest BCUT2D eigenvalue weighted by atomic mass is 32.1. The molecule has 0 saturated heterocycles. The molecule has 0 amide bonds. The van der Waals surface area contributed by atoms with Gasteiger partial charge in [0.25, 0.3) is 5.56 Å². The summed E-state index contributed by atoms with van der Waals surface area (Å²) >= 11 is 4.87. The first-order valence-corrected chi connectivity index (χ1v) is 7.83. The molecule has 0 saturated carbocycles.